The van der Waals surface area contributed by atoms with Crippen LogP contribution in [0.25, 0.3) is 0 Å². The first-order chi connectivity index (χ1) is 10.4. The zero-order chi connectivity index (χ0) is 16.8. The van der Waals surface area contributed by atoms with Gasteiger partial charge in [0, 0.05) is 5.25 Å². The van der Waals surface area contributed by atoms with E-state index < -0.39 is 15.4 Å². The van der Waals surface area contributed by atoms with Gasteiger partial charge in [0.15, 0.2) is 0 Å². The third kappa shape index (κ3) is 17.5. The third-order valence-electron chi connectivity index (χ3n) is 4.28. The molecule has 134 valence electrons. The van der Waals surface area contributed by atoms with E-state index >= 15 is 0 Å². The monoisotopic (exact) mass is 358 g/mol. The molecule has 0 fully saturated rings. The van der Waals surface area contributed by atoms with E-state index in [2.05, 4.69) is 6.92 Å². The van der Waals surface area contributed by atoms with Crippen LogP contribution >= 0.6 is 0 Å². The molecular weight excluding hydrogens is 323 g/mol. The van der Waals surface area contributed by atoms with E-state index in [1.807, 2.05) is 0 Å². The summed E-state index contributed by atoms with van der Waals surface area (Å²) in [5.74, 6) is 0. The largest absolute Gasteiger partial charge is 1.00 e. The molecule has 23 heavy (non-hydrogen) atoms. The van der Waals surface area contributed by atoms with E-state index in [0.29, 0.717) is 6.42 Å². The quantitative estimate of drug-likeness (QED) is 0.272. The second kappa shape index (κ2) is 16.3. The van der Waals surface area contributed by atoms with Gasteiger partial charge in [0.2, 0.25) is 0 Å². The van der Waals surface area contributed by atoms with Crippen molar-refractivity contribution in [2.24, 2.45) is 0 Å². The molecule has 0 bridgehead atoms. The summed E-state index contributed by atoms with van der Waals surface area (Å²) in [5.41, 5.74) is 0. The van der Waals surface area contributed by atoms with Crippen LogP contribution in [0.2, 0.25) is 0 Å². The Balaban J connectivity index is 0. The first-order valence-electron chi connectivity index (χ1n) is 9.00. The first kappa shape index (κ1) is 26.1. The van der Waals surface area contributed by atoms with Gasteiger partial charge in [-0.2, -0.15) is 0 Å². The average Bonchev–Trinajstić information content (AvgIpc) is 2.45. The Morgan fingerprint density at radius 1 is 0.826 bits per heavy atom. The maximum Gasteiger partial charge on any atom is 1.00 e. The second-order valence-electron chi connectivity index (χ2n) is 6.51. The van der Waals surface area contributed by atoms with Crippen LogP contribution in [0.15, 0.2) is 0 Å². The van der Waals surface area contributed by atoms with Gasteiger partial charge < -0.3 is 9.66 Å². The summed E-state index contributed by atoms with van der Waals surface area (Å²) in [7, 11) is -4.09. The molecule has 0 spiro atoms. The average molecular weight is 359 g/mol. The van der Waals surface area contributed by atoms with Crippen molar-refractivity contribution in [2.45, 2.75) is 109 Å². The number of unbranched alkanes of at least 4 members (excludes halogenated alkanes) is 8. The Hall–Kier alpha value is 0.870. The standard InChI is InChI=1S/C17H36O4S.Na/c1-3-4-14-17(18)15-12-10-8-6-5-7-9-11-13-16(2)22(19,20)21;/h16-18H,3-15H2,1-2H3,(H,19,20,21);/q;+1/p-1. The van der Waals surface area contributed by atoms with E-state index in [4.69, 9.17) is 0 Å². The zero-order valence-electron chi connectivity index (χ0n) is 15.4. The van der Waals surface area contributed by atoms with Crippen molar-refractivity contribution in [3.05, 3.63) is 0 Å². The number of rotatable bonds is 15. The zero-order valence-corrected chi connectivity index (χ0v) is 18.2. The summed E-state index contributed by atoms with van der Waals surface area (Å²) in [6.07, 6.45) is 13.4. The molecule has 0 rings (SSSR count). The summed E-state index contributed by atoms with van der Waals surface area (Å²) in [6.45, 7) is 3.64. The maximum absolute atomic E-state index is 10.7. The molecule has 2 atom stereocenters. The minimum atomic E-state index is -4.09. The molecule has 0 amide bonds. The number of hydrogen-bond donors (Lipinski definition) is 1. The van der Waals surface area contributed by atoms with Crippen LogP contribution in [0, 0.1) is 0 Å². The maximum atomic E-state index is 10.7. The molecule has 0 aromatic carbocycles. The molecule has 1 N–H and O–H groups in total. The number of aliphatic hydroxyl groups excluding tert-OH is 1. The normalized spacial score (nSPS) is 14.3. The predicted molar refractivity (Wildman–Crippen MR) is 90.9 cm³/mol. The van der Waals surface area contributed by atoms with Crippen LogP contribution in [0.1, 0.15) is 97.3 Å². The third-order valence-corrected chi connectivity index (χ3v) is 5.50. The Morgan fingerprint density at radius 3 is 1.65 bits per heavy atom. The Kier molecular flexibility index (Phi) is 18.5. The van der Waals surface area contributed by atoms with E-state index in [9.17, 15) is 18.1 Å². The van der Waals surface area contributed by atoms with Gasteiger partial charge in [0.1, 0.15) is 0 Å². The summed E-state index contributed by atoms with van der Waals surface area (Å²) in [4.78, 5) is 0. The van der Waals surface area contributed by atoms with Gasteiger partial charge >= 0.3 is 29.6 Å². The Morgan fingerprint density at radius 2 is 1.22 bits per heavy atom. The molecule has 0 heterocycles. The molecule has 0 saturated carbocycles. The molecule has 0 aromatic rings. The van der Waals surface area contributed by atoms with Crippen molar-refractivity contribution in [1.82, 2.24) is 0 Å². The molecule has 2 unspecified atom stereocenters. The molecule has 0 aliphatic heterocycles. The number of aliphatic hydroxyl groups is 1. The molecule has 4 nitrogen and oxygen atoms in total. The van der Waals surface area contributed by atoms with Gasteiger partial charge in [-0.25, -0.2) is 8.42 Å². The minimum absolute atomic E-state index is 0. The molecule has 0 aromatic heterocycles. The Bertz CT molecular complexity index is 347. The van der Waals surface area contributed by atoms with Gasteiger partial charge in [0.25, 0.3) is 0 Å². The number of hydrogen-bond acceptors (Lipinski definition) is 4. The van der Waals surface area contributed by atoms with Crippen molar-refractivity contribution in [2.75, 3.05) is 0 Å². The fraction of sp³-hybridized carbons (Fsp3) is 1.00. The van der Waals surface area contributed by atoms with Crippen molar-refractivity contribution in [3.63, 3.8) is 0 Å². The first-order valence-corrected chi connectivity index (χ1v) is 10.5. The van der Waals surface area contributed by atoms with Gasteiger partial charge in [-0.05, 0) is 26.2 Å². The van der Waals surface area contributed by atoms with Crippen LogP contribution in [-0.4, -0.2) is 29.4 Å². The van der Waals surface area contributed by atoms with Crippen molar-refractivity contribution >= 4 is 10.1 Å². The van der Waals surface area contributed by atoms with Gasteiger partial charge in [-0.15, -0.1) is 0 Å². The summed E-state index contributed by atoms with van der Waals surface area (Å²) < 4.78 is 32.2. The van der Waals surface area contributed by atoms with E-state index in [0.717, 1.165) is 51.4 Å². The fourth-order valence-electron chi connectivity index (χ4n) is 2.60. The molecule has 0 saturated heterocycles. The topological polar surface area (TPSA) is 77.4 Å². The van der Waals surface area contributed by atoms with E-state index in [-0.39, 0.29) is 35.7 Å². The molecule has 0 aliphatic rings. The summed E-state index contributed by atoms with van der Waals surface area (Å²) in [5, 5.41) is 8.97. The molecule has 6 heteroatoms. The van der Waals surface area contributed by atoms with E-state index in [1.165, 1.54) is 32.6 Å². The van der Waals surface area contributed by atoms with Crippen molar-refractivity contribution in [3.8, 4) is 0 Å². The van der Waals surface area contributed by atoms with Gasteiger partial charge in [0.05, 0.1) is 16.2 Å². The van der Waals surface area contributed by atoms with E-state index in [1.54, 1.807) is 0 Å². The van der Waals surface area contributed by atoms with Crippen LogP contribution in [0.3, 0.4) is 0 Å². The molecule has 0 radical (unpaired) electrons. The SMILES string of the molecule is CCCCC(O)CCCCCCCCCCC(C)S(=O)(=O)[O-].[Na+]. The fourth-order valence-corrected chi connectivity index (χ4v) is 3.06. The minimum Gasteiger partial charge on any atom is -0.748 e. The van der Waals surface area contributed by atoms with Crippen LogP contribution in [-0.2, 0) is 10.1 Å². The second-order valence-corrected chi connectivity index (χ2v) is 8.30. The predicted octanol–water partition coefficient (Wildman–Crippen LogP) is 1.38. The van der Waals surface area contributed by atoms with Gasteiger partial charge in [-0.3, -0.25) is 0 Å². The van der Waals surface area contributed by atoms with Crippen molar-refractivity contribution < 1.29 is 47.6 Å². The van der Waals surface area contributed by atoms with Gasteiger partial charge in [-0.1, -0.05) is 71.1 Å². The summed E-state index contributed by atoms with van der Waals surface area (Å²) in [6, 6.07) is 0. The van der Waals surface area contributed by atoms with Crippen LogP contribution in [0.4, 0.5) is 0 Å². The summed E-state index contributed by atoms with van der Waals surface area (Å²) >= 11 is 0. The molecule has 0 aliphatic carbocycles. The van der Waals surface area contributed by atoms with Crippen LogP contribution in [0.5, 0.6) is 0 Å². The Labute approximate surface area is 165 Å². The smallest absolute Gasteiger partial charge is 0.748 e. The van der Waals surface area contributed by atoms with Crippen molar-refractivity contribution in [1.29, 1.82) is 0 Å². The molecular formula is C17H35NaO4S. The van der Waals surface area contributed by atoms with Crippen LogP contribution < -0.4 is 29.6 Å².